The van der Waals surface area contributed by atoms with Crippen molar-refractivity contribution in [3.05, 3.63) is 59.4 Å². The van der Waals surface area contributed by atoms with Crippen LogP contribution in [0.4, 0.5) is 4.39 Å². The number of methoxy groups -OCH3 is 1. The summed E-state index contributed by atoms with van der Waals surface area (Å²) in [6.45, 7) is 4.32. The Kier molecular flexibility index (Phi) is 8.45. The fourth-order valence-corrected chi connectivity index (χ4v) is 2.09. The second-order valence-electron chi connectivity index (χ2n) is 5.08. The molecule has 126 valence electrons. The van der Waals surface area contributed by atoms with Gasteiger partial charge in [0.25, 0.3) is 0 Å². The van der Waals surface area contributed by atoms with Crippen molar-refractivity contribution in [1.82, 2.24) is 5.32 Å². The molecule has 0 aliphatic heterocycles. The van der Waals surface area contributed by atoms with Crippen molar-refractivity contribution in [2.45, 2.75) is 26.5 Å². The molecule has 1 N–H and O–H groups in total. The molecular formula is C18H23ClFNO2. The van der Waals surface area contributed by atoms with Gasteiger partial charge in [-0.05, 0) is 48.4 Å². The number of benzene rings is 2. The molecule has 0 bridgehead atoms. The van der Waals surface area contributed by atoms with Crippen LogP contribution in [-0.2, 0) is 13.2 Å². The summed E-state index contributed by atoms with van der Waals surface area (Å²) in [5.41, 5.74) is 2.07. The van der Waals surface area contributed by atoms with Crippen molar-refractivity contribution in [2.24, 2.45) is 0 Å². The molecule has 0 unspecified atom stereocenters. The van der Waals surface area contributed by atoms with Gasteiger partial charge in [-0.2, -0.15) is 0 Å². The molecule has 0 saturated heterocycles. The second-order valence-corrected chi connectivity index (χ2v) is 5.08. The third-order valence-electron chi connectivity index (χ3n) is 3.29. The van der Waals surface area contributed by atoms with Crippen LogP contribution in [0.2, 0.25) is 0 Å². The maximum absolute atomic E-state index is 12.9. The van der Waals surface area contributed by atoms with Crippen molar-refractivity contribution < 1.29 is 13.9 Å². The minimum absolute atomic E-state index is 0. The third kappa shape index (κ3) is 6.08. The summed E-state index contributed by atoms with van der Waals surface area (Å²) < 4.78 is 24.0. The van der Waals surface area contributed by atoms with Crippen LogP contribution in [-0.4, -0.2) is 13.7 Å². The highest BCUT2D eigenvalue weighted by Crippen LogP contribution is 2.28. The monoisotopic (exact) mass is 339 g/mol. The van der Waals surface area contributed by atoms with E-state index >= 15 is 0 Å². The lowest BCUT2D eigenvalue weighted by molar-refractivity contribution is 0.284. The van der Waals surface area contributed by atoms with Crippen LogP contribution in [0.1, 0.15) is 24.5 Å². The average molecular weight is 340 g/mol. The van der Waals surface area contributed by atoms with Gasteiger partial charge in [-0.15, -0.1) is 12.4 Å². The smallest absolute Gasteiger partial charge is 0.161 e. The SMILES string of the molecule is CCCNCc1ccc(OCc2ccc(F)cc2)c(OC)c1.Cl. The van der Waals surface area contributed by atoms with Gasteiger partial charge in [0.1, 0.15) is 12.4 Å². The van der Waals surface area contributed by atoms with Gasteiger partial charge in [-0.25, -0.2) is 4.39 Å². The molecule has 0 aromatic heterocycles. The van der Waals surface area contributed by atoms with E-state index < -0.39 is 0 Å². The fourth-order valence-electron chi connectivity index (χ4n) is 2.09. The number of ether oxygens (including phenoxy) is 2. The molecule has 0 heterocycles. The van der Waals surface area contributed by atoms with E-state index in [0.29, 0.717) is 18.1 Å². The van der Waals surface area contributed by atoms with Crippen LogP contribution >= 0.6 is 12.4 Å². The largest absolute Gasteiger partial charge is 0.493 e. The van der Waals surface area contributed by atoms with E-state index in [1.54, 1.807) is 19.2 Å². The van der Waals surface area contributed by atoms with E-state index in [9.17, 15) is 4.39 Å². The number of rotatable bonds is 8. The Morgan fingerprint density at radius 2 is 1.70 bits per heavy atom. The quantitative estimate of drug-likeness (QED) is 0.726. The first-order valence-electron chi connectivity index (χ1n) is 7.47. The van der Waals surface area contributed by atoms with Crippen LogP contribution in [0.25, 0.3) is 0 Å². The van der Waals surface area contributed by atoms with Crippen molar-refractivity contribution in [1.29, 1.82) is 0 Å². The molecule has 0 aliphatic rings. The summed E-state index contributed by atoms with van der Waals surface area (Å²) in [6.07, 6.45) is 1.11. The summed E-state index contributed by atoms with van der Waals surface area (Å²) in [7, 11) is 1.63. The molecule has 5 heteroatoms. The molecule has 2 rings (SSSR count). The summed E-state index contributed by atoms with van der Waals surface area (Å²) in [6, 6.07) is 12.2. The summed E-state index contributed by atoms with van der Waals surface area (Å²) in [5, 5.41) is 3.35. The molecule has 0 fully saturated rings. The van der Waals surface area contributed by atoms with Crippen LogP contribution in [0, 0.1) is 5.82 Å². The van der Waals surface area contributed by atoms with E-state index in [4.69, 9.17) is 9.47 Å². The Balaban J connectivity index is 0.00000264. The van der Waals surface area contributed by atoms with Crippen molar-refractivity contribution >= 4 is 12.4 Å². The predicted octanol–water partition coefficient (Wildman–Crippen LogP) is 4.33. The Bertz CT molecular complexity index is 590. The fraction of sp³-hybridized carbons (Fsp3) is 0.333. The molecule has 0 atom stereocenters. The Hall–Kier alpha value is -1.78. The second kappa shape index (κ2) is 10.1. The van der Waals surface area contributed by atoms with Gasteiger partial charge in [0.2, 0.25) is 0 Å². The average Bonchev–Trinajstić information content (AvgIpc) is 2.55. The van der Waals surface area contributed by atoms with Crippen LogP contribution in [0.15, 0.2) is 42.5 Å². The highest BCUT2D eigenvalue weighted by molar-refractivity contribution is 5.85. The molecule has 0 saturated carbocycles. The topological polar surface area (TPSA) is 30.5 Å². The van der Waals surface area contributed by atoms with Crippen LogP contribution in [0.5, 0.6) is 11.5 Å². The van der Waals surface area contributed by atoms with E-state index in [0.717, 1.165) is 30.6 Å². The van der Waals surface area contributed by atoms with Crippen molar-refractivity contribution in [2.75, 3.05) is 13.7 Å². The van der Waals surface area contributed by atoms with Crippen LogP contribution in [0.3, 0.4) is 0 Å². The lowest BCUT2D eigenvalue weighted by atomic mass is 10.2. The Morgan fingerprint density at radius 1 is 1.00 bits per heavy atom. The number of hydrogen-bond donors (Lipinski definition) is 1. The maximum Gasteiger partial charge on any atom is 0.161 e. The molecule has 0 spiro atoms. The lowest BCUT2D eigenvalue weighted by Gasteiger charge is -2.12. The van der Waals surface area contributed by atoms with E-state index in [1.807, 2.05) is 18.2 Å². The maximum atomic E-state index is 12.9. The summed E-state index contributed by atoms with van der Waals surface area (Å²) in [5.74, 6) is 1.15. The van der Waals surface area contributed by atoms with E-state index in [2.05, 4.69) is 12.2 Å². The van der Waals surface area contributed by atoms with Crippen LogP contribution < -0.4 is 14.8 Å². The molecule has 2 aromatic rings. The number of nitrogens with one attached hydrogen (secondary N) is 1. The Labute approximate surface area is 143 Å². The first-order chi connectivity index (χ1) is 10.7. The standard InChI is InChI=1S/C18H22FNO2.ClH/c1-3-10-20-12-15-6-9-17(18(11-15)21-2)22-13-14-4-7-16(19)8-5-14;/h4-9,11,20H,3,10,12-13H2,1-2H3;1H. The van der Waals surface area contributed by atoms with Gasteiger partial charge < -0.3 is 14.8 Å². The third-order valence-corrected chi connectivity index (χ3v) is 3.29. The minimum Gasteiger partial charge on any atom is -0.493 e. The first kappa shape index (κ1) is 19.3. The van der Waals surface area contributed by atoms with Gasteiger partial charge >= 0.3 is 0 Å². The van der Waals surface area contributed by atoms with E-state index in [1.165, 1.54) is 12.1 Å². The molecule has 0 amide bonds. The highest BCUT2D eigenvalue weighted by atomic mass is 35.5. The normalized spacial score (nSPS) is 10.0. The van der Waals surface area contributed by atoms with Gasteiger partial charge in [0.05, 0.1) is 7.11 Å². The number of halogens is 2. The predicted molar refractivity (Wildman–Crippen MR) is 93.0 cm³/mol. The first-order valence-corrected chi connectivity index (χ1v) is 7.47. The van der Waals surface area contributed by atoms with Gasteiger partial charge in [-0.1, -0.05) is 25.1 Å². The molecule has 0 radical (unpaired) electrons. The molecule has 2 aromatic carbocycles. The number of hydrogen-bond acceptors (Lipinski definition) is 3. The zero-order valence-corrected chi connectivity index (χ0v) is 14.3. The van der Waals surface area contributed by atoms with Gasteiger partial charge in [0, 0.05) is 6.54 Å². The molecule has 23 heavy (non-hydrogen) atoms. The Morgan fingerprint density at radius 3 is 2.35 bits per heavy atom. The van der Waals surface area contributed by atoms with Crippen molar-refractivity contribution in [3.63, 3.8) is 0 Å². The highest BCUT2D eigenvalue weighted by Gasteiger charge is 2.06. The van der Waals surface area contributed by atoms with E-state index in [-0.39, 0.29) is 18.2 Å². The van der Waals surface area contributed by atoms with Gasteiger partial charge in [-0.3, -0.25) is 0 Å². The zero-order valence-electron chi connectivity index (χ0n) is 13.5. The van der Waals surface area contributed by atoms with Crippen molar-refractivity contribution in [3.8, 4) is 11.5 Å². The van der Waals surface area contributed by atoms with Gasteiger partial charge in [0.15, 0.2) is 11.5 Å². The minimum atomic E-state index is -0.245. The lowest BCUT2D eigenvalue weighted by Crippen LogP contribution is -2.13. The molecule has 0 aliphatic carbocycles. The summed E-state index contributed by atoms with van der Waals surface area (Å²) in [4.78, 5) is 0. The zero-order chi connectivity index (χ0) is 15.8. The molecule has 3 nitrogen and oxygen atoms in total. The summed E-state index contributed by atoms with van der Waals surface area (Å²) >= 11 is 0. The molecular weight excluding hydrogens is 317 g/mol.